The van der Waals surface area contributed by atoms with Gasteiger partial charge in [-0.05, 0) is 74.2 Å². The molecular weight excluding hydrogens is 413 g/mol. The van der Waals surface area contributed by atoms with E-state index in [1.54, 1.807) is 23.8 Å². The first kappa shape index (κ1) is 23.8. The standard InChI is InChI=1S/C22H25F3N2O2S/c1-15-14-20(10-4-17(15)5-11-21(28)29)30-13-12-16(2)26-27(3)19-8-6-18(7-9-19)22(23,24)25/h4,6-10,14H,5,11-13H2,1-3H3,(H,28,29)/b26-16-. The van der Waals surface area contributed by atoms with Crippen LogP contribution in [0.5, 0.6) is 0 Å². The van der Waals surface area contributed by atoms with Crippen LogP contribution < -0.4 is 5.01 Å². The molecule has 0 saturated heterocycles. The van der Waals surface area contributed by atoms with Crippen molar-refractivity contribution in [3.63, 3.8) is 0 Å². The molecule has 4 nitrogen and oxygen atoms in total. The minimum atomic E-state index is -4.35. The Kier molecular flexibility index (Phi) is 8.34. The molecule has 0 atom stereocenters. The van der Waals surface area contributed by atoms with Gasteiger partial charge in [0.15, 0.2) is 0 Å². The summed E-state index contributed by atoms with van der Waals surface area (Å²) in [6.07, 6.45) is -2.97. The number of rotatable bonds is 9. The molecule has 0 saturated carbocycles. The Bertz CT molecular complexity index is 896. The lowest BCUT2D eigenvalue weighted by molar-refractivity contribution is -0.138. The fourth-order valence-electron chi connectivity index (χ4n) is 2.83. The third-order valence-corrected chi connectivity index (χ3v) is 5.54. The molecule has 0 heterocycles. The zero-order chi connectivity index (χ0) is 22.3. The summed E-state index contributed by atoms with van der Waals surface area (Å²) >= 11 is 1.68. The average molecular weight is 439 g/mol. The third-order valence-electron chi connectivity index (χ3n) is 4.54. The third kappa shape index (κ3) is 7.40. The van der Waals surface area contributed by atoms with E-state index in [0.29, 0.717) is 12.1 Å². The summed E-state index contributed by atoms with van der Waals surface area (Å²) in [6.45, 7) is 3.87. The molecule has 0 aromatic heterocycles. The van der Waals surface area contributed by atoms with E-state index in [4.69, 9.17) is 5.11 Å². The van der Waals surface area contributed by atoms with Crippen LogP contribution in [0.15, 0.2) is 52.5 Å². The number of alkyl halides is 3. The summed E-state index contributed by atoms with van der Waals surface area (Å²) in [6, 6.07) is 10.9. The van der Waals surface area contributed by atoms with E-state index in [-0.39, 0.29) is 6.42 Å². The first-order valence-electron chi connectivity index (χ1n) is 9.45. The van der Waals surface area contributed by atoms with E-state index in [1.165, 1.54) is 12.1 Å². The molecule has 30 heavy (non-hydrogen) atoms. The highest BCUT2D eigenvalue weighted by molar-refractivity contribution is 7.99. The molecule has 0 radical (unpaired) electrons. The number of thioether (sulfide) groups is 1. The fourth-order valence-corrected chi connectivity index (χ4v) is 3.88. The van der Waals surface area contributed by atoms with Crippen molar-refractivity contribution in [2.45, 2.75) is 44.2 Å². The first-order valence-corrected chi connectivity index (χ1v) is 10.4. The molecule has 2 aromatic rings. The second-order valence-corrected chi connectivity index (χ2v) is 8.15. The van der Waals surface area contributed by atoms with Gasteiger partial charge in [0, 0.05) is 29.8 Å². The van der Waals surface area contributed by atoms with Crippen molar-refractivity contribution in [3.05, 3.63) is 59.2 Å². The van der Waals surface area contributed by atoms with Gasteiger partial charge in [0.25, 0.3) is 0 Å². The van der Waals surface area contributed by atoms with Gasteiger partial charge >= 0.3 is 12.1 Å². The van der Waals surface area contributed by atoms with E-state index in [9.17, 15) is 18.0 Å². The number of benzene rings is 2. The molecule has 0 aliphatic rings. The number of aliphatic carboxylic acids is 1. The topological polar surface area (TPSA) is 52.9 Å². The zero-order valence-corrected chi connectivity index (χ0v) is 18.0. The van der Waals surface area contributed by atoms with Gasteiger partial charge in [-0.2, -0.15) is 18.3 Å². The average Bonchev–Trinajstić information content (AvgIpc) is 2.66. The SMILES string of the molecule is C/C(CCSc1ccc(CCC(=O)O)c(C)c1)=N/N(C)c1ccc(C(F)(F)F)cc1. The molecular formula is C22H25F3N2O2S. The van der Waals surface area contributed by atoms with E-state index in [0.717, 1.165) is 46.0 Å². The minimum absolute atomic E-state index is 0.120. The van der Waals surface area contributed by atoms with Crippen molar-refractivity contribution in [3.8, 4) is 0 Å². The number of hydrogen-bond donors (Lipinski definition) is 1. The molecule has 0 spiro atoms. The van der Waals surface area contributed by atoms with Gasteiger partial charge in [-0.3, -0.25) is 9.80 Å². The molecule has 0 amide bonds. The van der Waals surface area contributed by atoms with Crippen molar-refractivity contribution in [2.24, 2.45) is 5.10 Å². The predicted octanol–water partition coefficient (Wildman–Crippen LogP) is 6.03. The van der Waals surface area contributed by atoms with E-state index in [2.05, 4.69) is 11.2 Å². The van der Waals surface area contributed by atoms with Crippen molar-refractivity contribution < 1.29 is 23.1 Å². The van der Waals surface area contributed by atoms with Crippen LogP contribution in [0.25, 0.3) is 0 Å². The highest BCUT2D eigenvalue weighted by Gasteiger charge is 2.30. The fraction of sp³-hybridized carbons (Fsp3) is 0.364. The normalized spacial score (nSPS) is 12.1. The maximum atomic E-state index is 12.7. The van der Waals surface area contributed by atoms with Gasteiger partial charge < -0.3 is 5.11 Å². The van der Waals surface area contributed by atoms with Crippen LogP contribution in [0.4, 0.5) is 18.9 Å². The molecule has 0 fully saturated rings. The Labute approximate surface area is 178 Å². The van der Waals surface area contributed by atoms with E-state index in [1.807, 2.05) is 26.0 Å². The van der Waals surface area contributed by atoms with Crippen molar-refractivity contribution in [2.75, 3.05) is 17.8 Å². The van der Waals surface area contributed by atoms with Gasteiger partial charge in [-0.15, -0.1) is 11.8 Å². The molecule has 162 valence electrons. The maximum Gasteiger partial charge on any atom is 0.416 e. The van der Waals surface area contributed by atoms with Gasteiger partial charge in [0.1, 0.15) is 0 Å². The summed E-state index contributed by atoms with van der Waals surface area (Å²) in [5.74, 6) is 0.00765. The summed E-state index contributed by atoms with van der Waals surface area (Å²) in [4.78, 5) is 11.8. The number of anilines is 1. The number of hydrazone groups is 1. The lowest BCUT2D eigenvalue weighted by Crippen LogP contribution is -2.13. The number of nitrogens with zero attached hydrogens (tertiary/aromatic N) is 2. The Morgan fingerprint density at radius 2 is 1.80 bits per heavy atom. The molecule has 0 bridgehead atoms. The van der Waals surface area contributed by atoms with Crippen LogP contribution in [0.3, 0.4) is 0 Å². The molecule has 2 rings (SSSR count). The quantitative estimate of drug-likeness (QED) is 0.295. The smallest absolute Gasteiger partial charge is 0.416 e. The number of aryl methyl sites for hydroxylation is 2. The lowest BCUT2D eigenvalue weighted by atomic mass is 10.0. The van der Waals surface area contributed by atoms with Gasteiger partial charge in [-0.1, -0.05) is 6.07 Å². The Morgan fingerprint density at radius 1 is 1.13 bits per heavy atom. The lowest BCUT2D eigenvalue weighted by Gasteiger charge is -2.16. The first-order chi connectivity index (χ1) is 14.1. The molecule has 0 aliphatic carbocycles. The zero-order valence-electron chi connectivity index (χ0n) is 17.2. The van der Waals surface area contributed by atoms with Gasteiger partial charge in [0.2, 0.25) is 0 Å². The summed E-state index contributed by atoms with van der Waals surface area (Å²) in [5, 5.41) is 14.8. The number of hydrogen-bond acceptors (Lipinski definition) is 4. The second-order valence-electron chi connectivity index (χ2n) is 6.98. The number of carboxylic acids is 1. The van der Waals surface area contributed by atoms with E-state index >= 15 is 0 Å². The van der Waals surface area contributed by atoms with Crippen LogP contribution in [0.2, 0.25) is 0 Å². The van der Waals surface area contributed by atoms with Crippen LogP contribution in [-0.4, -0.2) is 29.6 Å². The largest absolute Gasteiger partial charge is 0.481 e. The number of halogens is 3. The van der Waals surface area contributed by atoms with Crippen LogP contribution in [-0.2, 0) is 17.4 Å². The maximum absolute atomic E-state index is 12.7. The number of carbonyl (C=O) groups is 1. The summed E-state index contributed by atoms with van der Waals surface area (Å²) < 4.78 is 38.0. The molecule has 2 aromatic carbocycles. The predicted molar refractivity (Wildman–Crippen MR) is 115 cm³/mol. The van der Waals surface area contributed by atoms with E-state index < -0.39 is 17.7 Å². The van der Waals surface area contributed by atoms with Crippen molar-refractivity contribution in [1.82, 2.24) is 0 Å². The highest BCUT2D eigenvalue weighted by Crippen LogP contribution is 2.30. The number of carboxylic acid groups (broad SMARTS) is 1. The highest BCUT2D eigenvalue weighted by atomic mass is 32.2. The van der Waals surface area contributed by atoms with Gasteiger partial charge in [0.05, 0.1) is 11.3 Å². The minimum Gasteiger partial charge on any atom is -0.481 e. The van der Waals surface area contributed by atoms with Crippen LogP contribution in [0.1, 0.15) is 36.5 Å². The molecule has 0 unspecified atom stereocenters. The second kappa shape index (κ2) is 10.5. The van der Waals surface area contributed by atoms with Crippen molar-refractivity contribution >= 4 is 29.1 Å². The van der Waals surface area contributed by atoms with Crippen LogP contribution >= 0.6 is 11.8 Å². The summed E-state index contributed by atoms with van der Waals surface area (Å²) in [7, 11) is 1.71. The molecule has 0 aliphatic heterocycles. The Balaban J connectivity index is 1.87. The monoisotopic (exact) mass is 438 g/mol. The molecule has 1 N–H and O–H groups in total. The van der Waals surface area contributed by atoms with Crippen molar-refractivity contribution in [1.29, 1.82) is 0 Å². The van der Waals surface area contributed by atoms with Gasteiger partial charge in [-0.25, -0.2) is 0 Å². The van der Waals surface area contributed by atoms with Crippen LogP contribution in [0, 0.1) is 6.92 Å². The Morgan fingerprint density at radius 3 is 2.37 bits per heavy atom. The summed E-state index contributed by atoms with van der Waals surface area (Å²) in [5.41, 5.74) is 2.90. The molecule has 8 heteroatoms. The Hall–Kier alpha value is -2.48.